The van der Waals surface area contributed by atoms with Crippen LogP contribution in [0.15, 0.2) is 0 Å². The van der Waals surface area contributed by atoms with Gasteiger partial charge in [-0.05, 0) is 19.3 Å². The molecule has 2 rings (SSSR count). The van der Waals surface area contributed by atoms with Gasteiger partial charge in [0, 0.05) is 53.3 Å². The molecule has 0 aromatic carbocycles. The molecule has 2 fully saturated rings. The Balaban J connectivity index is 1.72. The molecular weight excluding hydrogens is 326 g/mol. The average molecular weight is 357 g/mol. The van der Waals surface area contributed by atoms with Crippen LogP contribution in [0.4, 0.5) is 0 Å². The summed E-state index contributed by atoms with van der Waals surface area (Å²) in [6.45, 7) is 6.61. The van der Waals surface area contributed by atoms with Gasteiger partial charge < -0.3 is 24.8 Å². The summed E-state index contributed by atoms with van der Waals surface area (Å²) in [5.41, 5.74) is 0. The van der Waals surface area contributed by atoms with Crippen molar-refractivity contribution in [3.05, 3.63) is 0 Å². The molecule has 2 heterocycles. The van der Waals surface area contributed by atoms with E-state index in [2.05, 4.69) is 10.2 Å². The summed E-state index contributed by atoms with van der Waals surface area (Å²) < 4.78 is 10.8. The molecule has 0 aromatic heterocycles. The van der Waals surface area contributed by atoms with Gasteiger partial charge in [0.1, 0.15) is 0 Å². The maximum absolute atomic E-state index is 12.1. The van der Waals surface area contributed by atoms with Crippen LogP contribution in [0.3, 0.4) is 0 Å². The minimum atomic E-state index is -0.801. The molecule has 25 heavy (non-hydrogen) atoms. The number of nitrogens with one attached hydrogen (secondary N) is 1. The Morgan fingerprint density at radius 2 is 1.96 bits per heavy atom. The van der Waals surface area contributed by atoms with Gasteiger partial charge in [0.05, 0.1) is 18.8 Å². The molecule has 2 amide bonds. The van der Waals surface area contributed by atoms with Gasteiger partial charge in [-0.1, -0.05) is 0 Å². The zero-order valence-electron chi connectivity index (χ0n) is 15.3. The fraction of sp³-hybridized carbons (Fsp3) is 0.882. The molecule has 0 saturated carbocycles. The number of ether oxygens (including phenoxy) is 2. The lowest BCUT2D eigenvalue weighted by Crippen LogP contribution is -2.51. The Bertz CT molecular complexity index is 440. The molecule has 2 saturated heterocycles. The molecule has 0 unspecified atom stereocenters. The first kappa shape index (κ1) is 20.1. The molecule has 8 nitrogen and oxygen atoms in total. The summed E-state index contributed by atoms with van der Waals surface area (Å²) in [4.78, 5) is 27.7. The number of nitrogens with zero attached hydrogens (tertiary/aromatic N) is 2. The van der Waals surface area contributed by atoms with Crippen LogP contribution in [0.25, 0.3) is 0 Å². The Morgan fingerprint density at radius 1 is 1.24 bits per heavy atom. The largest absolute Gasteiger partial charge is 0.390 e. The van der Waals surface area contributed by atoms with Crippen LogP contribution in [-0.4, -0.2) is 98.0 Å². The molecule has 2 N–H and O–H groups in total. The van der Waals surface area contributed by atoms with Crippen molar-refractivity contribution in [2.45, 2.75) is 44.5 Å². The maximum atomic E-state index is 12.1. The zero-order valence-corrected chi connectivity index (χ0v) is 15.3. The first-order valence-corrected chi connectivity index (χ1v) is 9.09. The predicted octanol–water partition coefficient (Wildman–Crippen LogP) is -0.788. The van der Waals surface area contributed by atoms with E-state index in [-0.39, 0.29) is 17.9 Å². The number of carbonyl (C=O) groups excluding carboxylic acids is 2. The van der Waals surface area contributed by atoms with E-state index in [1.165, 1.54) is 0 Å². The van der Waals surface area contributed by atoms with Crippen LogP contribution in [-0.2, 0) is 19.1 Å². The second-order valence-corrected chi connectivity index (χ2v) is 6.74. The molecule has 0 spiro atoms. The molecule has 3 atom stereocenters. The van der Waals surface area contributed by atoms with E-state index in [1.54, 1.807) is 14.0 Å². The normalized spacial score (nSPS) is 28.0. The smallest absolute Gasteiger partial charge is 0.251 e. The Labute approximate surface area is 149 Å². The number of rotatable bonds is 7. The Morgan fingerprint density at radius 3 is 2.60 bits per heavy atom. The molecule has 0 aromatic rings. The number of amides is 2. The highest BCUT2D eigenvalue weighted by Gasteiger charge is 2.35. The van der Waals surface area contributed by atoms with Crippen molar-refractivity contribution in [2.24, 2.45) is 0 Å². The maximum Gasteiger partial charge on any atom is 0.251 e. The van der Waals surface area contributed by atoms with Crippen molar-refractivity contribution in [3.63, 3.8) is 0 Å². The fourth-order valence-electron chi connectivity index (χ4n) is 3.31. The van der Waals surface area contributed by atoms with Crippen molar-refractivity contribution >= 4 is 11.8 Å². The quantitative estimate of drug-likeness (QED) is 0.581. The number of hydrogen-bond acceptors (Lipinski definition) is 6. The molecule has 0 bridgehead atoms. The van der Waals surface area contributed by atoms with Crippen LogP contribution in [0, 0.1) is 0 Å². The summed E-state index contributed by atoms with van der Waals surface area (Å²) in [6.07, 6.45) is 0.589. The minimum Gasteiger partial charge on any atom is -0.390 e. The summed E-state index contributed by atoms with van der Waals surface area (Å²) >= 11 is 0. The SMILES string of the molecule is COCCNC(=O)[C@H]1O[C@H](CCN2CCN(C(C)=O)CC2)CC[C@@H]1O. The van der Waals surface area contributed by atoms with Crippen LogP contribution >= 0.6 is 0 Å². The van der Waals surface area contributed by atoms with E-state index in [0.29, 0.717) is 19.6 Å². The number of piperazine rings is 1. The number of carbonyl (C=O) groups is 2. The van der Waals surface area contributed by atoms with Crippen LogP contribution in [0.1, 0.15) is 26.2 Å². The van der Waals surface area contributed by atoms with Gasteiger partial charge in [-0.15, -0.1) is 0 Å². The third-order valence-electron chi connectivity index (χ3n) is 4.92. The van der Waals surface area contributed by atoms with Gasteiger partial charge in [0.15, 0.2) is 6.10 Å². The monoisotopic (exact) mass is 357 g/mol. The van der Waals surface area contributed by atoms with Crippen LogP contribution in [0.5, 0.6) is 0 Å². The standard InChI is InChI=1S/C17H31N3O5/c1-13(21)20-10-8-19(9-11-20)7-5-14-3-4-15(22)16(25-14)17(23)18-6-12-24-2/h14-16,22H,3-12H2,1-2H3,(H,18,23)/t14-,15-,16-/m0/s1. The summed E-state index contributed by atoms with van der Waals surface area (Å²) in [7, 11) is 1.57. The third-order valence-corrected chi connectivity index (χ3v) is 4.92. The van der Waals surface area contributed by atoms with Crippen molar-refractivity contribution in [3.8, 4) is 0 Å². The lowest BCUT2D eigenvalue weighted by atomic mass is 9.98. The van der Waals surface area contributed by atoms with Crippen molar-refractivity contribution in [2.75, 3.05) is 53.0 Å². The number of aliphatic hydroxyl groups is 1. The number of aliphatic hydroxyl groups excluding tert-OH is 1. The van der Waals surface area contributed by atoms with Crippen molar-refractivity contribution in [1.82, 2.24) is 15.1 Å². The average Bonchev–Trinajstić information content (AvgIpc) is 2.61. The lowest BCUT2D eigenvalue weighted by molar-refractivity contribution is -0.158. The molecule has 0 radical (unpaired) electrons. The van der Waals surface area contributed by atoms with E-state index in [0.717, 1.165) is 45.6 Å². The van der Waals surface area contributed by atoms with Crippen LogP contribution < -0.4 is 5.32 Å². The van der Waals surface area contributed by atoms with E-state index in [1.807, 2.05) is 4.90 Å². The van der Waals surface area contributed by atoms with Crippen molar-refractivity contribution in [1.29, 1.82) is 0 Å². The molecular formula is C17H31N3O5. The summed E-state index contributed by atoms with van der Waals surface area (Å²) in [5.74, 6) is -0.143. The van der Waals surface area contributed by atoms with Crippen LogP contribution in [0.2, 0.25) is 0 Å². The highest BCUT2D eigenvalue weighted by atomic mass is 16.5. The summed E-state index contributed by atoms with van der Waals surface area (Å²) in [6, 6.07) is 0. The second-order valence-electron chi connectivity index (χ2n) is 6.74. The topological polar surface area (TPSA) is 91.3 Å². The van der Waals surface area contributed by atoms with E-state index >= 15 is 0 Å². The predicted molar refractivity (Wildman–Crippen MR) is 92.1 cm³/mol. The van der Waals surface area contributed by atoms with Gasteiger partial charge in [0.25, 0.3) is 5.91 Å². The molecule has 144 valence electrons. The molecule has 0 aliphatic carbocycles. The van der Waals surface area contributed by atoms with Gasteiger partial charge >= 0.3 is 0 Å². The third kappa shape index (κ3) is 6.22. The van der Waals surface area contributed by atoms with E-state index < -0.39 is 12.2 Å². The first-order valence-electron chi connectivity index (χ1n) is 9.09. The van der Waals surface area contributed by atoms with Gasteiger partial charge in [-0.2, -0.15) is 0 Å². The van der Waals surface area contributed by atoms with E-state index in [9.17, 15) is 14.7 Å². The van der Waals surface area contributed by atoms with Crippen molar-refractivity contribution < 1.29 is 24.2 Å². The minimum absolute atomic E-state index is 0.0209. The van der Waals surface area contributed by atoms with Gasteiger partial charge in [-0.3, -0.25) is 14.5 Å². The molecule has 2 aliphatic heterocycles. The van der Waals surface area contributed by atoms with E-state index in [4.69, 9.17) is 9.47 Å². The number of hydrogen-bond donors (Lipinski definition) is 2. The highest BCUT2D eigenvalue weighted by molar-refractivity contribution is 5.81. The lowest BCUT2D eigenvalue weighted by Gasteiger charge is -2.37. The molecule has 2 aliphatic rings. The Kier molecular flexibility index (Phi) is 8.08. The first-order chi connectivity index (χ1) is 12.0. The zero-order chi connectivity index (χ0) is 18.2. The molecule has 8 heteroatoms. The second kappa shape index (κ2) is 10.1. The van der Waals surface area contributed by atoms with Gasteiger partial charge in [-0.25, -0.2) is 0 Å². The Hall–Kier alpha value is -1.22. The summed E-state index contributed by atoms with van der Waals surface area (Å²) in [5, 5.41) is 12.8. The number of methoxy groups -OCH3 is 1. The van der Waals surface area contributed by atoms with Gasteiger partial charge in [0.2, 0.25) is 5.91 Å². The fourth-order valence-corrected chi connectivity index (χ4v) is 3.31. The highest BCUT2D eigenvalue weighted by Crippen LogP contribution is 2.22.